The highest BCUT2D eigenvalue weighted by molar-refractivity contribution is 7.80. The fourth-order valence-electron chi connectivity index (χ4n) is 1.66. The number of rotatable bonds is 2. The first kappa shape index (κ1) is 11.7. The van der Waals surface area contributed by atoms with E-state index in [0.29, 0.717) is 5.69 Å². The average molecular weight is 246 g/mol. The predicted octanol–water partition coefficient (Wildman–Crippen LogP) is 1.83. The second kappa shape index (κ2) is 4.25. The van der Waals surface area contributed by atoms with Gasteiger partial charge >= 0.3 is 0 Å². The molecule has 2 N–H and O–H groups in total. The van der Waals surface area contributed by atoms with Crippen LogP contribution in [0.1, 0.15) is 22.5 Å². The number of aromatic nitrogens is 3. The van der Waals surface area contributed by atoms with Gasteiger partial charge in [0.05, 0.1) is 11.4 Å². The molecule has 5 heteroatoms. The molecule has 1 aromatic carbocycles. The first-order valence-electron chi connectivity index (χ1n) is 5.30. The van der Waals surface area contributed by atoms with E-state index in [-0.39, 0.29) is 4.99 Å². The van der Waals surface area contributed by atoms with Gasteiger partial charge < -0.3 is 5.73 Å². The molecule has 0 saturated carbocycles. The number of nitrogens with zero attached hydrogens (tertiary/aromatic N) is 3. The standard InChI is InChI=1S/C12H14N4S/c1-7-4-5-10(6-8(7)2)16-9(3)11(12(13)17)14-15-16/h4-6H,1-3H3,(H2,13,17). The molecule has 4 nitrogen and oxygen atoms in total. The van der Waals surface area contributed by atoms with Crippen molar-refractivity contribution in [2.24, 2.45) is 5.73 Å². The van der Waals surface area contributed by atoms with Gasteiger partial charge in [-0.2, -0.15) is 0 Å². The predicted molar refractivity (Wildman–Crippen MR) is 71.5 cm³/mol. The minimum Gasteiger partial charge on any atom is -0.388 e. The number of nitrogens with two attached hydrogens (primary N) is 1. The van der Waals surface area contributed by atoms with Gasteiger partial charge in [0.15, 0.2) is 0 Å². The molecule has 0 saturated heterocycles. The summed E-state index contributed by atoms with van der Waals surface area (Å²) < 4.78 is 1.75. The molecule has 0 atom stereocenters. The van der Waals surface area contributed by atoms with E-state index in [1.54, 1.807) is 4.68 Å². The van der Waals surface area contributed by atoms with E-state index in [2.05, 4.69) is 36.3 Å². The van der Waals surface area contributed by atoms with E-state index >= 15 is 0 Å². The van der Waals surface area contributed by atoms with Crippen LogP contribution in [-0.4, -0.2) is 20.0 Å². The highest BCUT2D eigenvalue weighted by Gasteiger charge is 2.12. The molecule has 1 heterocycles. The molecule has 17 heavy (non-hydrogen) atoms. The minimum atomic E-state index is 0.276. The molecule has 0 radical (unpaired) electrons. The fraction of sp³-hybridized carbons (Fsp3) is 0.250. The van der Waals surface area contributed by atoms with E-state index in [4.69, 9.17) is 18.0 Å². The Labute approximate surface area is 105 Å². The van der Waals surface area contributed by atoms with Gasteiger partial charge in [-0.1, -0.05) is 23.5 Å². The first-order valence-corrected chi connectivity index (χ1v) is 5.71. The lowest BCUT2D eigenvalue weighted by Gasteiger charge is -2.06. The fourth-order valence-corrected chi connectivity index (χ4v) is 1.85. The lowest BCUT2D eigenvalue weighted by molar-refractivity contribution is 0.784. The van der Waals surface area contributed by atoms with Gasteiger partial charge in [0, 0.05) is 0 Å². The topological polar surface area (TPSA) is 56.7 Å². The van der Waals surface area contributed by atoms with E-state index in [0.717, 1.165) is 11.4 Å². The average Bonchev–Trinajstić information content (AvgIpc) is 2.64. The second-order valence-corrected chi connectivity index (χ2v) is 4.51. The van der Waals surface area contributed by atoms with E-state index < -0.39 is 0 Å². The zero-order chi connectivity index (χ0) is 12.6. The van der Waals surface area contributed by atoms with Crippen LogP contribution in [0.25, 0.3) is 5.69 Å². The number of aryl methyl sites for hydroxylation is 2. The highest BCUT2D eigenvalue weighted by atomic mass is 32.1. The van der Waals surface area contributed by atoms with Crippen molar-refractivity contribution in [3.63, 3.8) is 0 Å². The van der Waals surface area contributed by atoms with Crippen molar-refractivity contribution in [2.45, 2.75) is 20.8 Å². The molecule has 2 rings (SSSR count). The van der Waals surface area contributed by atoms with Crippen LogP contribution >= 0.6 is 12.2 Å². The summed E-state index contributed by atoms with van der Waals surface area (Å²) in [7, 11) is 0. The lowest BCUT2D eigenvalue weighted by atomic mass is 10.1. The quantitative estimate of drug-likeness (QED) is 0.821. The van der Waals surface area contributed by atoms with Crippen molar-refractivity contribution in [3.8, 4) is 5.69 Å². The van der Waals surface area contributed by atoms with E-state index in [9.17, 15) is 0 Å². The van der Waals surface area contributed by atoms with Gasteiger partial charge in [-0.05, 0) is 44.0 Å². The normalized spacial score (nSPS) is 10.5. The molecular formula is C12H14N4S. The van der Waals surface area contributed by atoms with E-state index in [1.807, 2.05) is 13.0 Å². The lowest BCUT2D eigenvalue weighted by Crippen LogP contribution is -2.12. The third kappa shape index (κ3) is 2.06. The Hall–Kier alpha value is -1.75. The third-order valence-electron chi connectivity index (χ3n) is 2.86. The summed E-state index contributed by atoms with van der Waals surface area (Å²) in [5, 5.41) is 8.07. The summed E-state index contributed by atoms with van der Waals surface area (Å²) in [6.07, 6.45) is 0. The van der Waals surface area contributed by atoms with Crippen LogP contribution in [0.3, 0.4) is 0 Å². The van der Waals surface area contributed by atoms with Gasteiger partial charge in [0.1, 0.15) is 10.7 Å². The molecular weight excluding hydrogens is 232 g/mol. The van der Waals surface area contributed by atoms with Crippen molar-refractivity contribution in [1.82, 2.24) is 15.0 Å². The van der Waals surface area contributed by atoms with Crippen LogP contribution in [0.15, 0.2) is 18.2 Å². The monoisotopic (exact) mass is 246 g/mol. The molecule has 2 aromatic rings. The first-order chi connectivity index (χ1) is 8.00. The molecule has 0 fully saturated rings. The molecule has 0 aliphatic carbocycles. The van der Waals surface area contributed by atoms with Crippen molar-refractivity contribution in [3.05, 3.63) is 40.7 Å². The molecule has 0 aliphatic rings. The number of benzene rings is 1. The Morgan fingerprint density at radius 1 is 1.24 bits per heavy atom. The van der Waals surface area contributed by atoms with Crippen LogP contribution in [-0.2, 0) is 0 Å². The Balaban J connectivity index is 2.53. The molecule has 0 amide bonds. The van der Waals surface area contributed by atoms with Gasteiger partial charge in [-0.15, -0.1) is 5.10 Å². The third-order valence-corrected chi connectivity index (χ3v) is 3.06. The summed E-state index contributed by atoms with van der Waals surface area (Å²) in [5.74, 6) is 0. The maximum absolute atomic E-state index is 5.58. The smallest absolute Gasteiger partial charge is 0.143 e. The van der Waals surface area contributed by atoms with Gasteiger partial charge in [0.2, 0.25) is 0 Å². The van der Waals surface area contributed by atoms with Crippen molar-refractivity contribution < 1.29 is 0 Å². The molecule has 0 aliphatic heterocycles. The minimum absolute atomic E-state index is 0.276. The number of hydrogen-bond acceptors (Lipinski definition) is 3. The summed E-state index contributed by atoms with van der Waals surface area (Å²) in [4.78, 5) is 0.276. The van der Waals surface area contributed by atoms with Crippen LogP contribution in [0.4, 0.5) is 0 Å². The Kier molecular flexibility index (Phi) is 2.93. The van der Waals surface area contributed by atoms with Crippen molar-refractivity contribution in [1.29, 1.82) is 0 Å². The zero-order valence-electron chi connectivity index (χ0n) is 10.1. The van der Waals surface area contributed by atoms with Gasteiger partial charge in [-0.3, -0.25) is 0 Å². The van der Waals surface area contributed by atoms with E-state index in [1.165, 1.54) is 11.1 Å². The molecule has 0 unspecified atom stereocenters. The highest BCUT2D eigenvalue weighted by Crippen LogP contribution is 2.16. The van der Waals surface area contributed by atoms with Crippen LogP contribution in [0.5, 0.6) is 0 Å². The Morgan fingerprint density at radius 2 is 1.94 bits per heavy atom. The Morgan fingerprint density at radius 3 is 2.47 bits per heavy atom. The molecule has 0 spiro atoms. The Bertz CT molecular complexity index is 586. The van der Waals surface area contributed by atoms with Gasteiger partial charge in [0.25, 0.3) is 0 Å². The molecule has 0 bridgehead atoms. The van der Waals surface area contributed by atoms with Crippen molar-refractivity contribution >= 4 is 17.2 Å². The molecule has 88 valence electrons. The largest absolute Gasteiger partial charge is 0.388 e. The summed E-state index contributed by atoms with van der Waals surface area (Å²) in [5.41, 5.74) is 10.5. The van der Waals surface area contributed by atoms with Gasteiger partial charge in [-0.25, -0.2) is 4.68 Å². The summed E-state index contributed by atoms with van der Waals surface area (Å²) in [6, 6.07) is 6.14. The maximum atomic E-state index is 5.58. The maximum Gasteiger partial charge on any atom is 0.143 e. The summed E-state index contributed by atoms with van der Waals surface area (Å²) in [6.45, 7) is 6.05. The molecule has 1 aromatic heterocycles. The zero-order valence-corrected chi connectivity index (χ0v) is 10.9. The van der Waals surface area contributed by atoms with Crippen LogP contribution < -0.4 is 5.73 Å². The second-order valence-electron chi connectivity index (χ2n) is 4.07. The van der Waals surface area contributed by atoms with Crippen molar-refractivity contribution in [2.75, 3.05) is 0 Å². The summed E-state index contributed by atoms with van der Waals surface area (Å²) >= 11 is 4.92. The number of thiocarbonyl (C=S) groups is 1. The number of hydrogen-bond donors (Lipinski definition) is 1. The van der Waals surface area contributed by atoms with Crippen LogP contribution in [0, 0.1) is 20.8 Å². The SMILES string of the molecule is Cc1ccc(-n2nnc(C(N)=S)c2C)cc1C. The van der Waals surface area contributed by atoms with Crippen LogP contribution in [0.2, 0.25) is 0 Å².